The van der Waals surface area contributed by atoms with Crippen molar-refractivity contribution in [2.75, 3.05) is 5.32 Å². The van der Waals surface area contributed by atoms with Gasteiger partial charge in [-0.05, 0) is 58.4 Å². The van der Waals surface area contributed by atoms with E-state index in [1.807, 2.05) is 48.8 Å². The second kappa shape index (κ2) is 5.98. The number of hydrogen-bond donors (Lipinski definition) is 2. The Morgan fingerprint density at radius 1 is 1.12 bits per heavy atom. The van der Waals surface area contributed by atoms with Gasteiger partial charge >= 0.3 is 0 Å². The fourth-order valence-corrected chi connectivity index (χ4v) is 2.88. The molecule has 0 aliphatic carbocycles. The minimum atomic E-state index is -0.142. The fraction of sp³-hybridized carbons (Fsp3) is 0. The van der Waals surface area contributed by atoms with E-state index in [9.17, 15) is 4.79 Å². The highest BCUT2D eigenvalue weighted by atomic mass is 79.9. The van der Waals surface area contributed by atoms with Crippen molar-refractivity contribution < 1.29 is 4.79 Å². The molecule has 0 radical (unpaired) electrons. The van der Waals surface area contributed by atoms with Gasteiger partial charge in [-0.3, -0.25) is 4.79 Å². The molecule has 2 N–H and O–H groups in total. The van der Waals surface area contributed by atoms with Crippen LogP contribution >= 0.6 is 15.9 Å². The van der Waals surface area contributed by atoms with Crippen molar-refractivity contribution in [2.24, 2.45) is 0 Å². The summed E-state index contributed by atoms with van der Waals surface area (Å²) in [7, 11) is 0. The number of benzene rings is 2. The molecular weight excluding hydrogens is 368 g/mol. The second-order valence-electron chi connectivity index (χ2n) is 5.35. The van der Waals surface area contributed by atoms with E-state index in [-0.39, 0.29) is 5.91 Å². The Hall–Kier alpha value is -2.86. The summed E-state index contributed by atoms with van der Waals surface area (Å²) in [5, 5.41) is 8.17. The van der Waals surface area contributed by atoms with Gasteiger partial charge in [-0.15, -0.1) is 0 Å². The molecule has 5 nitrogen and oxygen atoms in total. The molecule has 0 saturated carbocycles. The average Bonchev–Trinajstić information content (AvgIpc) is 3.24. The van der Waals surface area contributed by atoms with Gasteiger partial charge in [0.2, 0.25) is 0 Å². The maximum Gasteiger partial charge on any atom is 0.255 e. The molecule has 4 aromatic rings. The summed E-state index contributed by atoms with van der Waals surface area (Å²) in [6.45, 7) is 0. The third-order valence-electron chi connectivity index (χ3n) is 3.79. The molecule has 24 heavy (non-hydrogen) atoms. The van der Waals surface area contributed by atoms with Crippen molar-refractivity contribution in [3.8, 4) is 5.69 Å². The van der Waals surface area contributed by atoms with Crippen LogP contribution in [0.3, 0.4) is 0 Å². The van der Waals surface area contributed by atoms with Crippen LogP contribution in [0.25, 0.3) is 16.6 Å². The van der Waals surface area contributed by atoms with Crippen LogP contribution in [0, 0.1) is 0 Å². The summed E-state index contributed by atoms with van der Waals surface area (Å²) in [5.41, 5.74) is 3.27. The highest BCUT2D eigenvalue weighted by Crippen LogP contribution is 2.23. The highest BCUT2D eigenvalue weighted by Gasteiger charge is 2.09. The number of nitrogens with zero attached hydrogens (tertiary/aromatic N) is 2. The monoisotopic (exact) mass is 380 g/mol. The van der Waals surface area contributed by atoms with Crippen LogP contribution in [0.4, 0.5) is 5.69 Å². The van der Waals surface area contributed by atoms with Crippen molar-refractivity contribution in [3.63, 3.8) is 0 Å². The fourth-order valence-electron chi connectivity index (χ4n) is 2.60. The molecule has 0 unspecified atom stereocenters. The molecule has 0 aliphatic rings. The Labute approximate surface area is 146 Å². The van der Waals surface area contributed by atoms with Gasteiger partial charge in [0.15, 0.2) is 0 Å². The second-order valence-corrected chi connectivity index (χ2v) is 6.26. The number of carbonyl (C=O) groups is 1. The van der Waals surface area contributed by atoms with Crippen LogP contribution in [0.5, 0.6) is 0 Å². The van der Waals surface area contributed by atoms with Crippen LogP contribution in [-0.4, -0.2) is 20.7 Å². The summed E-state index contributed by atoms with van der Waals surface area (Å²) in [4.78, 5) is 15.6. The van der Waals surface area contributed by atoms with Gasteiger partial charge in [-0.25, -0.2) is 4.68 Å². The van der Waals surface area contributed by atoms with E-state index in [1.54, 1.807) is 23.0 Å². The molecule has 0 spiro atoms. The van der Waals surface area contributed by atoms with Crippen LogP contribution in [0.15, 0.2) is 71.6 Å². The predicted molar refractivity (Wildman–Crippen MR) is 97.5 cm³/mol. The molecule has 0 aliphatic heterocycles. The summed E-state index contributed by atoms with van der Waals surface area (Å²) < 4.78 is 2.65. The van der Waals surface area contributed by atoms with Crippen molar-refractivity contribution in [2.45, 2.75) is 0 Å². The highest BCUT2D eigenvalue weighted by molar-refractivity contribution is 9.10. The number of hydrogen-bond acceptors (Lipinski definition) is 2. The molecule has 2 aromatic carbocycles. The summed E-state index contributed by atoms with van der Waals surface area (Å²) in [6, 6.07) is 15.0. The molecular formula is C18H13BrN4O. The molecule has 2 aromatic heterocycles. The third-order valence-corrected chi connectivity index (χ3v) is 4.20. The number of halogens is 1. The number of fused-ring (bicyclic) bond motifs is 1. The van der Waals surface area contributed by atoms with Crippen LogP contribution < -0.4 is 5.32 Å². The Morgan fingerprint density at radius 2 is 1.96 bits per heavy atom. The molecule has 0 saturated heterocycles. The number of amides is 1. The summed E-state index contributed by atoms with van der Waals surface area (Å²) in [6.07, 6.45) is 5.44. The van der Waals surface area contributed by atoms with E-state index < -0.39 is 0 Å². The SMILES string of the molecule is O=C(Nc1cccc2[nH]ccc12)c1ccc(-n2cc(Br)cn2)cc1. The van der Waals surface area contributed by atoms with Gasteiger partial charge < -0.3 is 10.3 Å². The zero-order valence-electron chi connectivity index (χ0n) is 12.5. The zero-order valence-corrected chi connectivity index (χ0v) is 14.1. The van der Waals surface area contributed by atoms with Crippen molar-refractivity contribution in [1.29, 1.82) is 0 Å². The molecule has 118 valence electrons. The van der Waals surface area contributed by atoms with Gasteiger partial charge in [0.05, 0.1) is 22.0 Å². The van der Waals surface area contributed by atoms with Crippen LogP contribution in [0.1, 0.15) is 10.4 Å². The van der Waals surface area contributed by atoms with Crippen molar-refractivity contribution in [3.05, 3.63) is 77.2 Å². The Morgan fingerprint density at radius 3 is 2.71 bits per heavy atom. The smallest absolute Gasteiger partial charge is 0.255 e. The Kier molecular flexibility index (Phi) is 3.66. The number of carbonyl (C=O) groups excluding carboxylic acids is 1. The Bertz CT molecular complexity index is 1020. The Balaban J connectivity index is 1.57. The largest absolute Gasteiger partial charge is 0.361 e. The number of H-pyrrole nitrogens is 1. The van der Waals surface area contributed by atoms with E-state index in [4.69, 9.17) is 0 Å². The first-order valence-corrected chi connectivity index (χ1v) is 8.18. The van der Waals surface area contributed by atoms with Gasteiger partial charge in [0, 0.05) is 28.9 Å². The first kappa shape index (κ1) is 14.7. The molecule has 0 bridgehead atoms. The standard InChI is InChI=1S/C18H13BrN4O/c19-13-10-21-23(11-13)14-6-4-12(5-7-14)18(24)22-17-3-1-2-16-15(17)8-9-20-16/h1-11,20H,(H,22,24). The number of aromatic nitrogens is 3. The predicted octanol–water partition coefficient (Wildman–Crippen LogP) is 4.37. The van der Waals surface area contributed by atoms with E-state index in [0.29, 0.717) is 5.56 Å². The minimum absolute atomic E-state index is 0.142. The molecule has 6 heteroatoms. The summed E-state index contributed by atoms with van der Waals surface area (Å²) in [5.74, 6) is -0.142. The van der Waals surface area contributed by atoms with Crippen molar-refractivity contribution >= 4 is 38.4 Å². The van der Waals surface area contributed by atoms with Gasteiger partial charge in [0.25, 0.3) is 5.91 Å². The maximum absolute atomic E-state index is 12.5. The lowest BCUT2D eigenvalue weighted by Gasteiger charge is -2.08. The maximum atomic E-state index is 12.5. The first-order valence-electron chi connectivity index (χ1n) is 7.39. The number of nitrogens with one attached hydrogen (secondary N) is 2. The van der Waals surface area contributed by atoms with Gasteiger partial charge in [-0.2, -0.15) is 5.10 Å². The third kappa shape index (κ3) is 2.72. The lowest BCUT2D eigenvalue weighted by molar-refractivity contribution is 0.102. The lowest BCUT2D eigenvalue weighted by Crippen LogP contribution is -2.12. The van der Waals surface area contributed by atoms with E-state index in [1.165, 1.54) is 0 Å². The van der Waals surface area contributed by atoms with E-state index in [0.717, 1.165) is 26.8 Å². The topological polar surface area (TPSA) is 62.7 Å². The van der Waals surface area contributed by atoms with E-state index >= 15 is 0 Å². The minimum Gasteiger partial charge on any atom is -0.361 e. The molecule has 0 fully saturated rings. The average molecular weight is 381 g/mol. The normalized spacial score (nSPS) is 10.9. The van der Waals surface area contributed by atoms with E-state index in [2.05, 4.69) is 31.3 Å². The molecule has 4 rings (SSSR count). The molecule has 0 atom stereocenters. The molecule has 1 amide bonds. The lowest BCUT2D eigenvalue weighted by atomic mass is 10.1. The summed E-state index contributed by atoms with van der Waals surface area (Å²) >= 11 is 3.37. The molecule has 2 heterocycles. The van der Waals surface area contributed by atoms with Crippen LogP contribution in [-0.2, 0) is 0 Å². The van der Waals surface area contributed by atoms with Crippen LogP contribution in [0.2, 0.25) is 0 Å². The van der Waals surface area contributed by atoms with Gasteiger partial charge in [-0.1, -0.05) is 6.07 Å². The number of aromatic amines is 1. The number of rotatable bonds is 3. The first-order chi connectivity index (χ1) is 11.7. The van der Waals surface area contributed by atoms with Crippen molar-refractivity contribution in [1.82, 2.24) is 14.8 Å². The quantitative estimate of drug-likeness (QED) is 0.554. The zero-order chi connectivity index (χ0) is 16.5. The van der Waals surface area contributed by atoms with Gasteiger partial charge in [0.1, 0.15) is 0 Å². The number of anilines is 1.